The molecule has 4 nitrogen and oxygen atoms in total. The fraction of sp³-hybridized carbons (Fsp3) is 0.700. The van der Waals surface area contributed by atoms with Gasteiger partial charge in [-0.2, -0.15) is 0 Å². The minimum Gasteiger partial charge on any atom is -0.314 e. The van der Waals surface area contributed by atoms with E-state index >= 15 is 0 Å². The zero-order valence-corrected chi connectivity index (χ0v) is 8.52. The number of aromatic nitrogens is 2. The van der Waals surface area contributed by atoms with Crippen LogP contribution in [0.1, 0.15) is 30.5 Å². The minimum absolute atomic E-state index is 0.0133. The van der Waals surface area contributed by atoms with Gasteiger partial charge in [0.2, 0.25) is 0 Å². The third kappa shape index (κ3) is 1.90. The number of aryl methyl sites for hydroxylation is 1. The van der Waals surface area contributed by atoms with Crippen LogP contribution in [0, 0.1) is 6.92 Å². The van der Waals surface area contributed by atoms with Crippen LogP contribution in [0.5, 0.6) is 0 Å². The minimum atomic E-state index is 0.0133. The summed E-state index contributed by atoms with van der Waals surface area (Å²) in [6, 6.07) is 0.646. The second-order valence-electron chi connectivity index (χ2n) is 4.01. The Balaban J connectivity index is 1.91. The fourth-order valence-corrected chi connectivity index (χ4v) is 2.03. The maximum Gasteiger partial charge on any atom is 0.267 e. The lowest BCUT2D eigenvalue weighted by Crippen LogP contribution is -2.21. The molecule has 2 rings (SSSR count). The van der Waals surface area contributed by atoms with Gasteiger partial charge in [-0.15, -0.1) is 0 Å². The van der Waals surface area contributed by atoms with Crippen LogP contribution in [0.25, 0.3) is 0 Å². The molecule has 1 aromatic rings. The average Bonchev–Trinajstić information content (AvgIpc) is 2.77. The second kappa shape index (κ2) is 4.00. The Morgan fingerprint density at radius 3 is 2.86 bits per heavy atom. The highest BCUT2D eigenvalue weighted by atomic mass is 16.1. The summed E-state index contributed by atoms with van der Waals surface area (Å²) < 4.78 is 0. The lowest BCUT2D eigenvalue weighted by Gasteiger charge is -2.08. The highest BCUT2D eigenvalue weighted by molar-refractivity contribution is 5.14. The lowest BCUT2D eigenvalue weighted by molar-refractivity contribution is 0.554. The van der Waals surface area contributed by atoms with Gasteiger partial charge in [0, 0.05) is 17.3 Å². The van der Waals surface area contributed by atoms with Crippen LogP contribution < -0.4 is 10.9 Å². The van der Waals surface area contributed by atoms with Crippen molar-refractivity contribution in [1.29, 1.82) is 0 Å². The third-order valence-corrected chi connectivity index (χ3v) is 3.03. The molecular formula is C10H17N3O. The third-order valence-electron chi connectivity index (χ3n) is 3.03. The van der Waals surface area contributed by atoms with E-state index in [2.05, 4.69) is 15.5 Å². The molecular weight excluding hydrogens is 178 g/mol. The standard InChI is InChI=1S/C10H17N3O/c1-7-9(12-13-10(7)14)5-4-8-3-2-6-11-8/h8,11H,2-6H2,1H3,(H2,12,13,14). The smallest absolute Gasteiger partial charge is 0.267 e. The van der Waals surface area contributed by atoms with Gasteiger partial charge < -0.3 is 10.4 Å². The van der Waals surface area contributed by atoms with Gasteiger partial charge in [-0.25, -0.2) is 0 Å². The predicted molar refractivity (Wildman–Crippen MR) is 55.5 cm³/mol. The Bertz CT molecular complexity index is 346. The van der Waals surface area contributed by atoms with Crippen molar-refractivity contribution in [3.63, 3.8) is 0 Å². The van der Waals surface area contributed by atoms with E-state index in [1.54, 1.807) is 0 Å². The second-order valence-corrected chi connectivity index (χ2v) is 4.01. The molecule has 1 aliphatic heterocycles. The maximum atomic E-state index is 11.1. The van der Waals surface area contributed by atoms with Crippen LogP contribution in [0.15, 0.2) is 4.79 Å². The van der Waals surface area contributed by atoms with Crippen LogP contribution in [-0.4, -0.2) is 22.8 Å². The quantitative estimate of drug-likeness (QED) is 0.664. The van der Waals surface area contributed by atoms with Crippen LogP contribution in [0.2, 0.25) is 0 Å². The molecule has 1 unspecified atom stereocenters. The Labute approximate surface area is 83.1 Å². The predicted octanol–water partition coefficient (Wildman–Crippen LogP) is 0.696. The first-order valence-electron chi connectivity index (χ1n) is 5.27. The summed E-state index contributed by atoms with van der Waals surface area (Å²) >= 11 is 0. The number of rotatable bonds is 3. The van der Waals surface area contributed by atoms with Crippen LogP contribution >= 0.6 is 0 Å². The molecule has 1 fully saturated rings. The number of nitrogens with one attached hydrogen (secondary N) is 3. The van der Waals surface area contributed by atoms with Crippen molar-refractivity contribution in [3.05, 3.63) is 21.6 Å². The average molecular weight is 195 g/mol. The summed E-state index contributed by atoms with van der Waals surface area (Å²) in [5, 5.41) is 8.99. The molecule has 4 heteroatoms. The van der Waals surface area contributed by atoms with E-state index < -0.39 is 0 Å². The SMILES string of the molecule is Cc1c(CCC2CCCN2)[nH][nH]c1=O. The molecule has 0 saturated carbocycles. The van der Waals surface area contributed by atoms with Crippen molar-refractivity contribution in [2.45, 2.75) is 38.6 Å². The summed E-state index contributed by atoms with van der Waals surface area (Å²) in [6.07, 6.45) is 4.64. The number of hydrogen-bond donors (Lipinski definition) is 3. The van der Waals surface area contributed by atoms with E-state index in [0.29, 0.717) is 6.04 Å². The molecule has 0 bridgehead atoms. The molecule has 14 heavy (non-hydrogen) atoms. The molecule has 0 aromatic carbocycles. The van der Waals surface area contributed by atoms with Crippen molar-refractivity contribution in [2.75, 3.05) is 6.54 Å². The lowest BCUT2D eigenvalue weighted by atomic mass is 10.1. The molecule has 78 valence electrons. The monoisotopic (exact) mass is 195 g/mol. The highest BCUT2D eigenvalue weighted by Gasteiger charge is 2.14. The van der Waals surface area contributed by atoms with Crippen molar-refractivity contribution in [3.8, 4) is 0 Å². The van der Waals surface area contributed by atoms with Crippen molar-refractivity contribution in [2.24, 2.45) is 0 Å². The van der Waals surface area contributed by atoms with Gasteiger partial charge in [-0.05, 0) is 39.2 Å². The Morgan fingerprint density at radius 1 is 1.43 bits per heavy atom. The normalized spacial score (nSPS) is 21.6. The number of hydrogen-bond acceptors (Lipinski definition) is 2. The summed E-state index contributed by atoms with van der Waals surface area (Å²) in [5.74, 6) is 0. The molecule has 0 spiro atoms. The van der Waals surface area contributed by atoms with Crippen molar-refractivity contribution < 1.29 is 0 Å². The van der Waals surface area contributed by atoms with E-state index in [1.807, 2.05) is 6.92 Å². The first-order valence-corrected chi connectivity index (χ1v) is 5.27. The van der Waals surface area contributed by atoms with Crippen LogP contribution in [0.3, 0.4) is 0 Å². The van der Waals surface area contributed by atoms with E-state index in [-0.39, 0.29) is 5.56 Å². The van der Waals surface area contributed by atoms with Gasteiger partial charge in [-0.1, -0.05) is 0 Å². The van der Waals surface area contributed by atoms with E-state index in [9.17, 15) is 4.79 Å². The summed E-state index contributed by atoms with van der Waals surface area (Å²) in [7, 11) is 0. The van der Waals surface area contributed by atoms with Gasteiger partial charge in [0.05, 0.1) is 0 Å². The van der Waals surface area contributed by atoms with Gasteiger partial charge >= 0.3 is 0 Å². The van der Waals surface area contributed by atoms with Crippen LogP contribution in [-0.2, 0) is 6.42 Å². The molecule has 0 radical (unpaired) electrons. The maximum absolute atomic E-state index is 11.1. The molecule has 3 N–H and O–H groups in total. The van der Waals surface area contributed by atoms with Gasteiger partial charge in [-0.3, -0.25) is 9.89 Å². The first kappa shape index (κ1) is 9.52. The number of aromatic amines is 2. The molecule has 0 amide bonds. The molecule has 2 heterocycles. The van der Waals surface area contributed by atoms with Crippen molar-refractivity contribution >= 4 is 0 Å². The topological polar surface area (TPSA) is 60.7 Å². The molecule has 1 aliphatic rings. The molecule has 1 saturated heterocycles. The van der Waals surface area contributed by atoms with Gasteiger partial charge in [0.15, 0.2) is 0 Å². The fourth-order valence-electron chi connectivity index (χ4n) is 2.03. The van der Waals surface area contributed by atoms with E-state index in [1.165, 1.54) is 12.8 Å². The van der Waals surface area contributed by atoms with Crippen molar-refractivity contribution in [1.82, 2.24) is 15.5 Å². The van der Waals surface area contributed by atoms with Gasteiger partial charge in [0.1, 0.15) is 0 Å². The Kier molecular flexibility index (Phi) is 2.72. The van der Waals surface area contributed by atoms with Gasteiger partial charge in [0.25, 0.3) is 5.56 Å². The molecule has 1 atom stereocenters. The molecule has 0 aliphatic carbocycles. The summed E-state index contributed by atoms with van der Waals surface area (Å²) in [6.45, 7) is 3.01. The molecule has 1 aromatic heterocycles. The number of H-pyrrole nitrogens is 2. The Hall–Kier alpha value is -1.03. The zero-order chi connectivity index (χ0) is 9.97. The highest BCUT2D eigenvalue weighted by Crippen LogP contribution is 2.12. The summed E-state index contributed by atoms with van der Waals surface area (Å²) in [5.41, 5.74) is 1.91. The Morgan fingerprint density at radius 2 is 2.29 bits per heavy atom. The van der Waals surface area contributed by atoms with E-state index in [4.69, 9.17) is 0 Å². The summed E-state index contributed by atoms with van der Waals surface area (Å²) in [4.78, 5) is 11.1. The first-order chi connectivity index (χ1) is 6.77. The van der Waals surface area contributed by atoms with Crippen LogP contribution in [0.4, 0.5) is 0 Å². The van der Waals surface area contributed by atoms with E-state index in [0.717, 1.165) is 30.6 Å². The zero-order valence-electron chi connectivity index (χ0n) is 8.52. The largest absolute Gasteiger partial charge is 0.314 e.